The van der Waals surface area contributed by atoms with E-state index in [0.29, 0.717) is 13.2 Å². The molecule has 0 spiro atoms. The number of nitrogens with one attached hydrogen (secondary N) is 1. The second-order valence-electron chi connectivity index (χ2n) is 5.62. The molecule has 0 bridgehead atoms. The summed E-state index contributed by atoms with van der Waals surface area (Å²) in [5.74, 6) is 0.742. The van der Waals surface area contributed by atoms with Crippen molar-refractivity contribution < 1.29 is 17.9 Å². The van der Waals surface area contributed by atoms with Crippen molar-refractivity contribution >= 4 is 10.0 Å². The third kappa shape index (κ3) is 4.69. The molecule has 0 saturated carbocycles. The van der Waals surface area contributed by atoms with Crippen LogP contribution in [0.2, 0.25) is 0 Å². The van der Waals surface area contributed by atoms with E-state index in [1.54, 1.807) is 18.2 Å². The third-order valence-electron chi connectivity index (χ3n) is 3.74. The van der Waals surface area contributed by atoms with Crippen molar-refractivity contribution in [1.82, 2.24) is 4.72 Å². The summed E-state index contributed by atoms with van der Waals surface area (Å²) in [5, 5.41) is 0. The average molecular weight is 327 g/mol. The molecule has 0 amide bonds. The van der Waals surface area contributed by atoms with E-state index >= 15 is 0 Å². The summed E-state index contributed by atoms with van der Waals surface area (Å²) >= 11 is 0. The van der Waals surface area contributed by atoms with E-state index in [-0.39, 0.29) is 11.0 Å². The molecule has 1 fully saturated rings. The zero-order chi connectivity index (χ0) is 16.0. The summed E-state index contributed by atoms with van der Waals surface area (Å²) in [5.41, 5.74) is 0.830. The van der Waals surface area contributed by atoms with Gasteiger partial charge in [0.2, 0.25) is 10.0 Å². The number of aryl methyl sites for hydroxylation is 1. The van der Waals surface area contributed by atoms with Crippen molar-refractivity contribution in [1.29, 1.82) is 0 Å². The van der Waals surface area contributed by atoms with E-state index < -0.39 is 10.0 Å². The summed E-state index contributed by atoms with van der Waals surface area (Å²) < 4.78 is 38.3. The molecule has 1 aliphatic heterocycles. The van der Waals surface area contributed by atoms with E-state index in [0.717, 1.165) is 43.6 Å². The van der Waals surface area contributed by atoms with Gasteiger partial charge in [0.05, 0.1) is 17.6 Å². The van der Waals surface area contributed by atoms with E-state index in [1.165, 1.54) is 0 Å². The Hall–Kier alpha value is -1.11. The van der Waals surface area contributed by atoms with Crippen LogP contribution in [-0.4, -0.2) is 34.3 Å². The lowest BCUT2D eigenvalue weighted by Crippen LogP contribution is -2.31. The third-order valence-corrected chi connectivity index (χ3v) is 5.16. The molecule has 2 rings (SSSR count). The van der Waals surface area contributed by atoms with Crippen LogP contribution in [0.3, 0.4) is 0 Å². The van der Waals surface area contributed by atoms with Gasteiger partial charge in [-0.3, -0.25) is 0 Å². The van der Waals surface area contributed by atoms with E-state index in [1.807, 2.05) is 6.92 Å². The minimum atomic E-state index is -3.50. The van der Waals surface area contributed by atoms with Crippen molar-refractivity contribution in [3.05, 3.63) is 23.8 Å². The van der Waals surface area contributed by atoms with Crippen molar-refractivity contribution in [2.45, 2.75) is 50.5 Å². The summed E-state index contributed by atoms with van der Waals surface area (Å²) in [4.78, 5) is 0.269. The SMILES string of the molecule is CCCCOc1ccc(S(=O)(=O)NCC2CCCO2)cc1C. The van der Waals surface area contributed by atoms with Gasteiger partial charge in [0.15, 0.2) is 0 Å². The van der Waals surface area contributed by atoms with Gasteiger partial charge in [0.1, 0.15) is 5.75 Å². The monoisotopic (exact) mass is 327 g/mol. The first-order chi connectivity index (χ1) is 10.5. The highest BCUT2D eigenvalue weighted by atomic mass is 32.2. The van der Waals surface area contributed by atoms with Crippen molar-refractivity contribution in [3.63, 3.8) is 0 Å². The van der Waals surface area contributed by atoms with E-state index in [9.17, 15) is 8.42 Å². The smallest absolute Gasteiger partial charge is 0.240 e. The predicted molar refractivity (Wildman–Crippen MR) is 85.7 cm³/mol. The highest BCUT2D eigenvalue weighted by Crippen LogP contribution is 2.22. The molecule has 0 aliphatic carbocycles. The van der Waals surface area contributed by atoms with Crippen LogP contribution < -0.4 is 9.46 Å². The Morgan fingerprint density at radius 2 is 2.23 bits per heavy atom. The number of hydrogen-bond donors (Lipinski definition) is 1. The molecule has 5 nitrogen and oxygen atoms in total. The van der Waals surface area contributed by atoms with Gasteiger partial charge in [-0.2, -0.15) is 0 Å². The standard InChI is InChI=1S/C16H25NO4S/c1-3-4-9-21-16-8-7-15(11-13(16)2)22(18,19)17-12-14-6-5-10-20-14/h7-8,11,14,17H,3-6,9-10,12H2,1-2H3. The lowest BCUT2D eigenvalue weighted by molar-refractivity contribution is 0.114. The Kier molecular flexibility index (Phi) is 6.23. The van der Waals surface area contributed by atoms with Gasteiger partial charge in [-0.15, -0.1) is 0 Å². The molecular formula is C16H25NO4S. The van der Waals surface area contributed by atoms with Crippen LogP contribution in [0.25, 0.3) is 0 Å². The molecule has 1 aromatic rings. The van der Waals surface area contributed by atoms with Crippen LogP contribution in [0.1, 0.15) is 38.2 Å². The van der Waals surface area contributed by atoms with Crippen LogP contribution >= 0.6 is 0 Å². The van der Waals surface area contributed by atoms with Gasteiger partial charge in [-0.1, -0.05) is 13.3 Å². The maximum Gasteiger partial charge on any atom is 0.240 e. The molecule has 1 aliphatic rings. The molecule has 22 heavy (non-hydrogen) atoms. The largest absolute Gasteiger partial charge is 0.493 e. The summed E-state index contributed by atoms with van der Waals surface area (Å²) in [6.07, 6.45) is 3.95. The van der Waals surface area contributed by atoms with Crippen LogP contribution in [0, 0.1) is 6.92 Å². The minimum absolute atomic E-state index is 0.00692. The summed E-state index contributed by atoms with van der Waals surface area (Å²) in [6.45, 7) is 5.66. The number of rotatable bonds is 8. The van der Waals surface area contributed by atoms with Crippen molar-refractivity contribution in [2.24, 2.45) is 0 Å². The molecule has 124 valence electrons. The van der Waals surface area contributed by atoms with Crippen LogP contribution in [0.4, 0.5) is 0 Å². The van der Waals surface area contributed by atoms with Gasteiger partial charge < -0.3 is 9.47 Å². The second-order valence-corrected chi connectivity index (χ2v) is 7.38. The first-order valence-electron chi connectivity index (χ1n) is 7.87. The summed E-state index contributed by atoms with van der Waals surface area (Å²) in [7, 11) is -3.50. The zero-order valence-electron chi connectivity index (χ0n) is 13.3. The van der Waals surface area contributed by atoms with Gasteiger partial charge in [0, 0.05) is 13.2 Å². The highest BCUT2D eigenvalue weighted by molar-refractivity contribution is 7.89. The fourth-order valence-electron chi connectivity index (χ4n) is 2.37. The van der Waals surface area contributed by atoms with Gasteiger partial charge in [-0.25, -0.2) is 13.1 Å². The number of ether oxygens (including phenoxy) is 2. The first kappa shape index (κ1) is 17.2. The topological polar surface area (TPSA) is 64.6 Å². The second kappa shape index (κ2) is 7.94. The van der Waals surface area contributed by atoms with E-state index in [2.05, 4.69) is 11.6 Å². The summed E-state index contributed by atoms with van der Waals surface area (Å²) in [6, 6.07) is 4.97. The van der Waals surface area contributed by atoms with Gasteiger partial charge in [-0.05, 0) is 49.9 Å². The van der Waals surface area contributed by atoms with Crippen LogP contribution in [-0.2, 0) is 14.8 Å². The number of sulfonamides is 1. The quantitative estimate of drug-likeness (QED) is 0.746. The zero-order valence-corrected chi connectivity index (χ0v) is 14.1. The Bertz CT molecular complexity index is 580. The van der Waals surface area contributed by atoms with Crippen LogP contribution in [0.5, 0.6) is 5.75 Å². The van der Waals surface area contributed by atoms with Crippen LogP contribution in [0.15, 0.2) is 23.1 Å². The lowest BCUT2D eigenvalue weighted by Gasteiger charge is -2.13. The molecule has 0 radical (unpaired) electrons. The Labute approximate surface area is 133 Å². The maximum atomic E-state index is 12.3. The molecular weight excluding hydrogens is 302 g/mol. The fourth-order valence-corrected chi connectivity index (χ4v) is 3.52. The van der Waals surface area contributed by atoms with Gasteiger partial charge >= 0.3 is 0 Å². The Balaban J connectivity index is 1.99. The molecule has 1 unspecified atom stereocenters. The Morgan fingerprint density at radius 3 is 2.86 bits per heavy atom. The van der Waals surface area contributed by atoms with Gasteiger partial charge in [0.25, 0.3) is 0 Å². The van der Waals surface area contributed by atoms with E-state index in [4.69, 9.17) is 9.47 Å². The molecule has 1 atom stereocenters. The molecule has 1 saturated heterocycles. The number of benzene rings is 1. The average Bonchev–Trinajstić information content (AvgIpc) is 3.00. The van der Waals surface area contributed by atoms with Crippen molar-refractivity contribution in [3.8, 4) is 5.75 Å². The van der Waals surface area contributed by atoms with Crippen molar-refractivity contribution in [2.75, 3.05) is 19.8 Å². The molecule has 0 aromatic heterocycles. The minimum Gasteiger partial charge on any atom is -0.493 e. The number of unbranched alkanes of at least 4 members (excludes halogenated alkanes) is 1. The normalized spacial score (nSPS) is 18.5. The first-order valence-corrected chi connectivity index (χ1v) is 9.36. The molecule has 1 heterocycles. The Morgan fingerprint density at radius 1 is 1.41 bits per heavy atom. The predicted octanol–water partition coefficient (Wildman–Crippen LogP) is 2.63. The molecule has 1 aromatic carbocycles. The lowest BCUT2D eigenvalue weighted by atomic mass is 10.2. The molecule has 1 N–H and O–H groups in total. The number of hydrogen-bond acceptors (Lipinski definition) is 4. The fraction of sp³-hybridized carbons (Fsp3) is 0.625. The molecule has 6 heteroatoms. The maximum absolute atomic E-state index is 12.3. The highest BCUT2D eigenvalue weighted by Gasteiger charge is 2.20.